The minimum atomic E-state index is -0.552. The molecule has 6 aliphatic rings. The normalized spacial score (nSPS) is 34.5. The van der Waals surface area contributed by atoms with Crippen LogP contribution in [0.4, 0.5) is 0 Å². The fourth-order valence-electron chi connectivity index (χ4n) is 11.1. The van der Waals surface area contributed by atoms with Crippen LogP contribution in [0.5, 0.6) is 23.0 Å². The molecule has 10 heteroatoms. The number of benzene rings is 2. The van der Waals surface area contributed by atoms with Crippen molar-refractivity contribution in [2.75, 3.05) is 13.6 Å². The van der Waals surface area contributed by atoms with Gasteiger partial charge in [0, 0.05) is 33.8 Å². The summed E-state index contributed by atoms with van der Waals surface area (Å²) in [4.78, 5) is 54.0. The Balaban J connectivity index is 1.05. The lowest BCUT2D eigenvalue weighted by molar-refractivity contribution is -0.174. The zero-order valence-corrected chi connectivity index (χ0v) is 29.7. The first-order valence-electron chi connectivity index (χ1n) is 17.9. The maximum atomic E-state index is 13.7. The number of carbonyl (C=O) groups excluding carboxylic acids is 4. The number of hydrogen-bond donors (Lipinski definition) is 0. The first-order chi connectivity index (χ1) is 23.7. The Labute approximate surface area is 292 Å². The molecule has 0 aromatic heterocycles. The Bertz CT molecular complexity index is 1660. The third-order valence-corrected chi connectivity index (χ3v) is 14.6. The first-order valence-corrected chi connectivity index (χ1v) is 17.9. The van der Waals surface area contributed by atoms with Crippen molar-refractivity contribution in [1.29, 1.82) is 0 Å². The van der Waals surface area contributed by atoms with Crippen LogP contribution in [-0.4, -0.2) is 49.3 Å². The number of carbonyl (C=O) groups is 4. The summed E-state index contributed by atoms with van der Waals surface area (Å²) >= 11 is 0. The number of Topliss-reactive ketones (excluding diaryl/α,β-unsaturated/α-hetero) is 2. The van der Waals surface area contributed by atoms with Crippen LogP contribution in [-0.2, 0) is 19.1 Å². The highest BCUT2D eigenvalue weighted by molar-refractivity contribution is 6.07. The van der Waals surface area contributed by atoms with Gasteiger partial charge in [-0.3, -0.25) is 19.2 Å². The molecule has 4 aliphatic carbocycles. The van der Waals surface area contributed by atoms with Gasteiger partial charge in [-0.1, -0.05) is 41.5 Å². The second kappa shape index (κ2) is 11.2. The number of esters is 2. The van der Waals surface area contributed by atoms with Crippen molar-refractivity contribution in [3.8, 4) is 23.0 Å². The molecule has 2 heterocycles. The summed E-state index contributed by atoms with van der Waals surface area (Å²) < 4.78 is 34.6. The van der Waals surface area contributed by atoms with Crippen molar-refractivity contribution in [2.45, 2.75) is 92.3 Å². The molecule has 2 aliphatic heterocycles. The average Bonchev–Trinajstić information content (AvgIpc) is 3.87. The molecule has 0 spiro atoms. The Kier molecular flexibility index (Phi) is 7.42. The van der Waals surface area contributed by atoms with E-state index in [0.29, 0.717) is 34.1 Å². The highest BCUT2D eigenvalue weighted by Crippen LogP contribution is 2.76. The summed E-state index contributed by atoms with van der Waals surface area (Å²) in [6.07, 6.45) is 2.11. The van der Waals surface area contributed by atoms with Crippen molar-refractivity contribution >= 4 is 23.5 Å². The molecule has 10 nitrogen and oxygen atoms in total. The molecule has 0 radical (unpaired) electrons. The molecule has 0 unspecified atom stereocenters. The average molecular weight is 687 g/mol. The standard InChI is InChI=1S/C40H46O10/c1-37(2)23-11-13-39(37,5)35(49-31(43)17-25(41)21-7-9-27-29(15-21)47-19-45-27)33(23)34-24-12-14-40(6,38(24,3)4)36(34)50-32(44)18-26(42)22-8-10-28-30(16-22)48-20-46-28/h7-10,15-16,23-24,33-36H,11-14,17-20H2,1-6H3/t23-,24-,33+,34+,35-,36-,39+,40+/m1/s1. The molecule has 4 bridgehead atoms. The molecule has 4 saturated carbocycles. The van der Waals surface area contributed by atoms with Gasteiger partial charge in [-0.15, -0.1) is 0 Å². The van der Waals surface area contributed by atoms with Gasteiger partial charge in [0.05, 0.1) is 0 Å². The van der Waals surface area contributed by atoms with Crippen LogP contribution in [0.2, 0.25) is 0 Å². The molecule has 2 aromatic carbocycles. The Hall–Kier alpha value is -4.08. The van der Waals surface area contributed by atoms with Crippen LogP contribution in [0, 0.1) is 45.3 Å². The van der Waals surface area contributed by atoms with E-state index in [1.165, 1.54) is 0 Å². The Morgan fingerprint density at radius 1 is 0.600 bits per heavy atom. The Morgan fingerprint density at radius 2 is 0.980 bits per heavy atom. The van der Waals surface area contributed by atoms with Crippen molar-refractivity contribution in [3.63, 3.8) is 0 Å². The predicted octanol–water partition coefficient (Wildman–Crippen LogP) is 6.96. The van der Waals surface area contributed by atoms with Crippen molar-refractivity contribution in [2.24, 2.45) is 45.3 Å². The van der Waals surface area contributed by atoms with E-state index in [2.05, 4.69) is 41.5 Å². The fourth-order valence-corrected chi connectivity index (χ4v) is 11.1. The Morgan fingerprint density at radius 3 is 1.38 bits per heavy atom. The summed E-state index contributed by atoms with van der Waals surface area (Å²) in [5, 5.41) is 0. The molecular formula is C40H46O10. The molecule has 8 rings (SSSR count). The van der Waals surface area contributed by atoms with Crippen molar-refractivity contribution < 1.29 is 47.6 Å². The van der Waals surface area contributed by atoms with Gasteiger partial charge in [0.1, 0.15) is 25.0 Å². The quantitative estimate of drug-likeness (QED) is 0.155. The van der Waals surface area contributed by atoms with Gasteiger partial charge < -0.3 is 28.4 Å². The molecule has 50 heavy (non-hydrogen) atoms. The SMILES string of the molecule is CC1(C)[C@@H]2CC[C@@]1(C)[C@H](OC(=O)CC(=O)c1ccc3c(c1)OCO3)[C@@H]2[C@@H]1[C@H]2CC[C@@](C)([C@@H]1OC(=O)CC(=O)c1ccc3c(c1)OCO3)C2(C)C. The first kappa shape index (κ1) is 33.1. The van der Waals surface area contributed by atoms with Crippen molar-refractivity contribution in [3.05, 3.63) is 47.5 Å². The second-order valence-corrected chi connectivity index (χ2v) is 16.9. The van der Waals surface area contributed by atoms with E-state index in [4.69, 9.17) is 28.4 Å². The molecule has 4 fully saturated rings. The lowest BCUT2D eigenvalue weighted by Crippen LogP contribution is -2.49. The van der Waals surface area contributed by atoms with E-state index in [9.17, 15) is 19.2 Å². The lowest BCUT2D eigenvalue weighted by atomic mass is 9.65. The van der Waals surface area contributed by atoms with Crippen LogP contribution in [0.1, 0.15) is 101 Å². The van der Waals surface area contributed by atoms with Crippen LogP contribution < -0.4 is 18.9 Å². The summed E-state index contributed by atoms with van der Waals surface area (Å²) in [5.41, 5.74) is -0.214. The fraction of sp³-hybridized carbons (Fsp3) is 0.600. The highest BCUT2D eigenvalue weighted by atomic mass is 16.7. The smallest absolute Gasteiger partial charge is 0.314 e. The maximum Gasteiger partial charge on any atom is 0.314 e. The molecule has 2 aromatic rings. The van der Waals surface area contributed by atoms with E-state index < -0.39 is 24.1 Å². The number of rotatable bonds is 9. The van der Waals surface area contributed by atoms with E-state index in [1.807, 2.05) is 0 Å². The van der Waals surface area contributed by atoms with Gasteiger partial charge in [0.2, 0.25) is 13.6 Å². The van der Waals surface area contributed by atoms with Gasteiger partial charge >= 0.3 is 11.9 Å². The lowest BCUT2D eigenvalue weighted by Gasteiger charge is -2.45. The largest absolute Gasteiger partial charge is 0.461 e. The van der Waals surface area contributed by atoms with Gasteiger partial charge in [-0.25, -0.2) is 0 Å². The molecular weight excluding hydrogens is 640 g/mol. The van der Waals surface area contributed by atoms with Gasteiger partial charge in [0.15, 0.2) is 34.6 Å². The predicted molar refractivity (Wildman–Crippen MR) is 179 cm³/mol. The number of ketones is 2. The van der Waals surface area contributed by atoms with E-state index >= 15 is 0 Å². The highest BCUT2D eigenvalue weighted by Gasteiger charge is 2.76. The summed E-state index contributed by atoms with van der Waals surface area (Å²) in [6, 6.07) is 9.86. The zero-order valence-electron chi connectivity index (χ0n) is 29.7. The molecule has 8 atom stereocenters. The zero-order chi connectivity index (χ0) is 35.4. The third kappa shape index (κ3) is 4.65. The minimum absolute atomic E-state index is 0.0675. The topological polar surface area (TPSA) is 124 Å². The summed E-state index contributed by atoms with van der Waals surface area (Å²) in [5.74, 6) is 0.643. The van der Waals surface area contributed by atoms with E-state index in [1.54, 1.807) is 36.4 Å². The monoisotopic (exact) mass is 686 g/mol. The molecule has 0 N–H and O–H groups in total. The number of fused-ring (bicyclic) bond motifs is 6. The van der Waals surface area contributed by atoms with E-state index in [0.717, 1.165) is 25.7 Å². The molecule has 0 saturated heterocycles. The van der Waals surface area contributed by atoms with E-state index in [-0.39, 0.29) is 83.3 Å². The third-order valence-electron chi connectivity index (χ3n) is 14.6. The van der Waals surface area contributed by atoms with Gasteiger partial charge in [0.25, 0.3) is 0 Å². The number of hydrogen-bond acceptors (Lipinski definition) is 10. The van der Waals surface area contributed by atoms with Crippen LogP contribution in [0.25, 0.3) is 0 Å². The van der Waals surface area contributed by atoms with Crippen LogP contribution >= 0.6 is 0 Å². The van der Waals surface area contributed by atoms with Gasteiger partial charge in [-0.05, 0) is 84.7 Å². The molecule has 0 amide bonds. The second-order valence-electron chi connectivity index (χ2n) is 16.9. The summed E-state index contributed by atoms with van der Waals surface area (Å²) in [6.45, 7) is 13.7. The minimum Gasteiger partial charge on any atom is -0.461 e. The van der Waals surface area contributed by atoms with Crippen LogP contribution in [0.3, 0.4) is 0 Å². The maximum absolute atomic E-state index is 13.7. The summed E-state index contributed by atoms with van der Waals surface area (Å²) in [7, 11) is 0. The van der Waals surface area contributed by atoms with Crippen LogP contribution in [0.15, 0.2) is 36.4 Å². The van der Waals surface area contributed by atoms with Gasteiger partial charge in [-0.2, -0.15) is 0 Å². The van der Waals surface area contributed by atoms with Crippen molar-refractivity contribution in [1.82, 2.24) is 0 Å². The number of ether oxygens (including phenoxy) is 6. The molecule has 266 valence electrons.